The van der Waals surface area contributed by atoms with Crippen LogP contribution >= 0.6 is 0 Å². The Hall–Kier alpha value is -1.62. The van der Waals surface area contributed by atoms with Crippen LogP contribution in [0.15, 0.2) is 19.0 Å². The van der Waals surface area contributed by atoms with Crippen molar-refractivity contribution >= 4 is 12.1 Å². The molecule has 2 N–H and O–H groups in total. The van der Waals surface area contributed by atoms with E-state index in [0.29, 0.717) is 19.0 Å². The second kappa shape index (κ2) is 5.63. The van der Waals surface area contributed by atoms with E-state index in [1.54, 1.807) is 17.1 Å². The lowest BCUT2D eigenvalue weighted by Gasteiger charge is -2.04. The molecule has 0 spiro atoms. The van der Waals surface area contributed by atoms with Gasteiger partial charge in [-0.15, -0.1) is 0 Å². The molecular weight excluding hydrogens is 216 g/mol. The molecule has 17 heavy (non-hydrogen) atoms. The monoisotopic (exact) mass is 234 g/mol. The summed E-state index contributed by atoms with van der Waals surface area (Å²) in [4.78, 5) is 11.4. The van der Waals surface area contributed by atoms with E-state index in [2.05, 4.69) is 22.3 Å². The van der Waals surface area contributed by atoms with E-state index >= 15 is 0 Å². The minimum absolute atomic E-state index is 0.141. The predicted octanol–water partition coefficient (Wildman–Crippen LogP) is 0.742. The van der Waals surface area contributed by atoms with E-state index in [9.17, 15) is 4.79 Å². The van der Waals surface area contributed by atoms with Crippen molar-refractivity contribution in [3.63, 3.8) is 0 Å². The molecule has 1 amide bonds. The minimum atomic E-state index is 0.141. The molecule has 1 aromatic rings. The summed E-state index contributed by atoms with van der Waals surface area (Å²) in [5.74, 6) is 0.141. The zero-order valence-electron chi connectivity index (χ0n) is 9.85. The first-order chi connectivity index (χ1) is 8.28. The van der Waals surface area contributed by atoms with Crippen molar-refractivity contribution in [3.05, 3.63) is 24.5 Å². The van der Waals surface area contributed by atoms with Crippen LogP contribution in [0.3, 0.4) is 0 Å². The summed E-state index contributed by atoms with van der Waals surface area (Å²) in [6.07, 6.45) is 8.15. The highest BCUT2D eigenvalue weighted by molar-refractivity contribution is 5.76. The molecule has 1 heterocycles. The normalized spacial score (nSPS) is 14.6. The van der Waals surface area contributed by atoms with Gasteiger partial charge < -0.3 is 10.6 Å². The fraction of sp³-hybridized carbons (Fsp3) is 0.500. The quantitative estimate of drug-likeness (QED) is 0.684. The Labute approximate surface area is 101 Å². The van der Waals surface area contributed by atoms with E-state index in [1.165, 1.54) is 0 Å². The first kappa shape index (κ1) is 11.9. The number of carbonyl (C=O) groups is 1. The number of nitrogens with zero attached hydrogens (tertiary/aromatic N) is 2. The molecule has 0 aliphatic heterocycles. The number of rotatable bonds is 7. The van der Waals surface area contributed by atoms with Gasteiger partial charge in [0.2, 0.25) is 5.91 Å². The number of hydrogen-bond acceptors (Lipinski definition) is 3. The largest absolute Gasteiger partial charge is 0.353 e. The molecule has 1 saturated carbocycles. The van der Waals surface area contributed by atoms with Crippen LogP contribution < -0.4 is 10.6 Å². The fourth-order valence-electron chi connectivity index (χ4n) is 1.53. The van der Waals surface area contributed by atoms with E-state index in [4.69, 9.17) is 0 Å². The Morgan fingerprint density at radius 3 is 3.12 bits per heavy atom. The third-order valence-electron chi connectivity index (χ3n) is 2.64. The molecule has 0 aromatic carbocycles. The molecule has 92 valence electrons. The van der Waals surface area contributed by atoms with Crippen molar-refractivity contribution in [2.24, 2.45) is 0 Å². The fourth-order valence-corrected chi connectivity index (χ4v) is 1.53. The molecule has 1 aliphatic carbocycles. The van der Waals surface area contributed by atoms with Gasteiger partial charge in [-0.25, -0.2) is 4.68 Å². The molecule has 1 aliphatic rings. The maximum absolute atomic E-state index is 11.4. The third kappa shape index (κ3) is 4.03. The van der Waals surface area contributed by atoms with E-state index in [0.717, 1.165) is 24.9 Å². The van der Waals surface area contributed by atoms with Crippen LogP contribution in [0.1, 0.15) is 24.8 Å². The number of nitrogens with one attached hydrogen (secondary N) is 2. The maximum Gasteiger partial charge on any atom is 0.221 e. The molecular formula is C12H18N4O. The lowest BCUT2D eigenvalue weighted by molar-refractivity contribution is -0.121. The summed E-state index contributed by atoms with van der Waals surface area (Å²) in [5, 5.41) is 10.2. The van der Waals surface area contributed by atoms with Crippen molar-refractivity contribution in [2.45, 2.75) is 31.8 Å². The summed E-state index contributed by atoms with van der Waals surface area (Å²) >= 11 is 0. The van der Waals surface area contributed by atoms with Crippen LogP contribution in [0.5, 0.6) is 0 Å². The van der Waals surface area contributed by atoms with Gasteiger partial charge in [-0.1, -0.05) is 6.58 Å². The highest BCUT2D eigenvalue weighted by Gasteiger charge is 2.22. The van der Waals surface area contributed by atoms with Crippen LogP contribution in [0, 0.1) is 0 Å². The smallest absolute Gasteiger partial charge is 0.221 e. The Morgan fingerprint density at radius 1 is 1.65 bits per heavy atom. The highest BCUT2D eigenvalue weighted by Crippen LogP contribution is 2.18. The molecule has 0 saturated heterocycles. The van der Waals surface area contributed by atoms with Crippen LogP contribution in [-0.4, -0.2) is 28.3 Å². The lowest BCUT2D eigenvalue weighted by atomic mass is 10.3. The van der Waals surface area contributed by atoms with Gasteiger partial charge in [-0.05, 0) is 12.8 Å². The summed E-state index contributed by atoms with van der Waals surface area (Å²) in [6.45, 7) is 5.04. The number of carbonyl (C=O) groups excluding carboxylic acids is 1. The van der Waals surface area contributed by atoms with Crippen molar-refractivity contribution in [3.8, 4) is 0 Å². The van der Waals surface area contributed by atoms with E-state index < -0.39 is 0 Å². The molecule has 0 radical (unpaired) electrons. The number of aromatic nitrogens is 2. The standard InChI is InChI=1S/C12H18N4O/c1-2-16-9-10(8-14-16)7-13-6-5-12(17)15-11-3-4-11/h2,8-9,11,13H,1,3-7H2,(H,15,17). The van der Waals surface area contributed by atoms with Gasteiger partial charge in [-0.2, -0.15) is 5.10 Å². The maximum atomic E-state index is 11.4. The highest BCUT2D eigenvalue weighted by atomic mass is 16.1. The summed E-state index contributed by atoms with van der Waals surface area (Å²) < 4.78 is 1.66. The Kier molecular flexibility index (Phi) is 3.93. The molecule has 2 rings (SSSR count). The number of hydrogen-bond donors (Lipinski definition) is 2. The molecule has 0 bridgehead atoms. The van der Waals surface area contributed by atoms with Crippen molar-refractivity contribution in [1.82, 2.24) is 20.4 Å². The van der Waals surface area contributed by atoms with Crippen LogP contribution in [0.4, 0.5) is 0 Å². The van der Waals surface area contributed by atoms with Gasteiger partial charge in [0.15, 0.2) is 0 Å². The third-order valence-corrected chi connectivity index (χ3v) is 2.64. The molecule has 0 unspecified atom stereocenters. The minimum Gasteiger partial charge on any atom is -0.353 e. The van der Waals surface area contributed by atoms with E-state index in [-0.39, 0.29) is 5.91 Å². The second-order valence-corrected chi connectivity index (χ2v) is 4.28. The van der Waals surface area contributed by atoms with Gasteiger partial charge in [0.1, 0.15) is 0 Å². The van der Waals surface area contributed by atoms with Gasteiger partial charge in [0, 0.05) is 43.5 Å². The predicted molar refractivity (Wildman–Crippen MR) is 66.1 cm³/mol. The SMILES string of the molecule is C=Cn1cc(CNCCC(=O)NC2CC2)cn1. The van der Waals surface area contributed by atoms with Gasteiger partial charge in [0.05, 0.1) is 6.20 Å². The zero-order chi connectivity index (χ0) is 12.1. The number of amides is 1. The average Bonchev–Trinajstić information content (AvgIpc) is 3.01. The van der Waals surface area contributed by atoms with Crippen molar-refractivity contribution in [2.75, 3.05) is 6.54 Å². The van der Waals surface area contributed by atoms with Crippen LogP contribution in [0.25, 0.3) is 6.20 Å². The zero-order valence-corrected chi connectivity index (χ0v) is 9.85. The Bertz CT molecular complexity index is 395. The first-order valence-electron chi connectivity index (χ1n) is 5.93. The second-order valence-electron chi connectivity index (χ2n) is 4.28. The molecule has 1 aromatic heterocycles. The van der Waals surface area contributed by atoms with Crippen LogP contribution in [-0.2, 0) is 11.3 Å². The molecule has 5 heteroatoms. The molecule has 1 fully saturated rings. The Morgan fingerprint density at radius 2 is 2.47 bits per heavy atom. The topological polar surface area (TPSA) is 59.0 Å². The summed E-state index contributed by atoms with van der Waals surface area (Å²) in [6, 6.07) is 0.452. The summed E-state index contributed by atoms with van der Waals surface area (Å²) in [7, 11) is 0. The average molecular weight is 234 g/mol. The van der Waals surface area contributed by atoms with Gasteiger partial charge in [0.25, 0.3) is 0 Å². The van der Waals surface area contributed by atoms with Gasteiger partial charge in [-0.3, -0.25) is 4.79 Å². The Balaban J connectivity index is 1.58. The first-order valence-corrected chi connectivity index (χ1v) is 5.93. The molecule has 5 nitrogen and oxygen atoms in total. The summed E-state index contributed by atoms with van der Waals surface area (Å²) in [5.41, 5.74) is 1.09. The van der Waals surface area contributed by atoms with Gasteiger partial charge >= 0.3 is 0 Å². The van der Waals surface area contributed by atoms with E-state index in [1.807, 2.05) is 6.20 Å². The molecule has 0 atom stereocenters. The van der Waals surface area contributed by atoms with Crippen molar-refractivity contribution < 1.29 is 4.79 Å². The van der Waals surface area contributed by atoms with Crippen LogP contribution in [0.2, 0.25) is 0 Å². The van der Waals surface area contributed by atoms with Crippen molar-refractivity contribution in [1.29, 1.82) is 0 Å². The lowest BCUT2D eigenvalue weighted by Crippen LogP contribution is -2.28.